The first-order valence-electron chi connectivity index (χ1n) is 5.98. The van der Waals surface area contributed by atoms with E-state index in [0.717, 1.165) is 17.8 Å². The highest BCUT2D eigenvalue weighted by Gasteiger charge is 2.26. The van der Waals surface area contributed by atoms with Crippen molar-refractivity contribution in [2.24, 2.45) is 5.41 Å². The van der Waals surface area contributed by atoms with Crippen LogP contribution < -0.4 is 5.73 Å². The SMILES string of the molecule is CCN(Cc1ccc(N)cc1)C(=O)C(C)(C)C. The van der Waals surface area contributed by atoms with Gasteiger partial charge in [-0.2, -0.15) is 0 Å². The predicted octanol–water partition coefficient (Wildman–Crippen LogP) is 2.66. The number of carbonyl (C=O) groups is 1. The summed E-state index contributed by atoms with van der Waals surface area (Å²) >= 11 is 0. The molecule has 3 heteroatoms. The number of nitrogens with two attached hydrogens (primary N) is 1. The molecule has 17 heavy (non-hydrogen) atoms. The zero-order chi connectivity index (χ0) is 13.1. The Morgan fingerprint density at radius 3 is 2.18 bits per heavy atom. The minimum Gasteiger partial charge on any atom is -0.399 e. The highest BCUT2D eigenvalue weighted by molar-refractivity contribution is 5.81. The van der Waals surface area contributed by atoms with E-state index in [1.165, 1.54) is 0 Å². The first kappa shape index (κ1) is 13.6. The maximum Gasteiger partial charge on any atom is 0.228 e. The summed E-state index contributed by atoms with van der Waals surface area (Å²) in [6, 6.07) is 7.66. The van der Waals surface area contributed by atoms with Gasteiger partial charge in [-0.25, -0.2) is 0 Å². The maximum atomic E-state index is 12.2. The third-order valence-electron chi connectivity index (χ3n) is 2.66. The number of hydrogen-bond acceptors (Lipinski definition) is 2. The van der Waals surface area contributed by atoms with E-state index < -0.39 is 0 Å². The quantitative estimate of drug-likeness (QED) is 0.817. The summed E-state index contributed by atoms with van der Waals surface area (Å²) in [4.78, 5) is 14.0. The fourth-order valence-electron chi connectivity index (χ4n) is 1.64. The van der Waals surface area contributed by atoms with Crippen LogP contribution in [0, 0.1) is 5.41 Å². The molecule has 0 aromatic heterocycles. The monoisotopic (exact) mass is 234 g/mol. The normalized spacial score (nSPS) is 11.3. The summed E-state index contributed by atoms with van der Waals surface area (Å²) < 4.78 is 0. The minimum absolute atomic E-state index is 0.178. The maximum absolute atomic E-state index is 12.2. The van der Waals surface area contributed by atoms with Crippen LogP contribution in [0.15, 0.2) is 24.3 Å². The molecule has 0 fully saturated rings. The third-order valence-corrected chi connectivity index (χ3v) is 2.66. The molecule has 1 amide bonds. The van der Waals surface area contributed by atoms with E-state index in [4.69, 9.17) is 5.73 Å². The summed E-state index contributed by atoms with van der Waals surface area (Å²) in [5.41, 5.74) is 7.17. The van der Waals surface area contributed by atoms with Crippen molar-refractivity contribution in [2.45, 2.75) is 34.2 Å². The molecule has 0 spiro atoms. The minimum atomic E-state index is -0.330. The first-order chi connectivity index (χ1) is 7.84. The van der Waals surface area contributed by atoms with Crippen molar-refractivity contribution in [3.63, 3.8) is 0 Å². The Kier molecular flexibility index (Phi) is 4.16. The van der Waals surface area contributed by atoms with Gasteiger partial charge in [-0.3, -0.25) is 4.79 Å². The Labute approximate surface area is 104 Å². The van der Waals surface area contributed by atoms with Gasteiger partial charge in [0, 0.05) is 24.2 Å². The second-order valence-corrected chi connectivity index (χ2v) is 5.31. The second kappa shape index (κ2) is 5.21. The number of amides is 1. The lowest BCUT2D eigenvalue weighted by atomic mass is 9.94. The average molecular weight is 234 g/mol. The van der Waals surface area contributed by atoms with Gasteiger partial charge in [0.15, 0.2) is 0 Å². The van der Waals surface area contributed by atoms with Crippen molar-refractivity contribution in [1.29, 1.82) is 0 Å². The Morgan fingerprint density at radius 1 is 1.24 bits per heavy atom. The van der Waals surface area contributed by atoms with Crippen molar-refractivity contribution in [3.05, 3.63) is 29.8 Å². The van der Waals surface area contributed by atoms with Gasteiger partial charge in [-0.1, -0.05) is 32.9 Å². The zero-order valence-electron chi connectivity index (χ0n) is 11.2. The van der Waals surface area contributed by atoms with Crippen molar-refractivity contribution >= 4 is 11.6 Å². The lowest BCUT2D eigenvalue weighted by molar-refractivity contribution is -0.139. The highest BCUT2D eigenvalue weighted by atomic mass is 16.2. The number of carbonyl (C=O) groups excluding carboxylic acids is 1. The van der Waals surface area contributed by atoms with Crippen molar-refractivity contribution < 1.29 is 4.79 Å². The lowest BCUT2D eigenvalue weighted by Crippen LogP contribution is -2.38. The van der Waals surface area contributed by atoms with Crippen molar-refractivity contribution in [3.8, 4) is 0 Å². The van der Waals surface area contributed by atoms with Gasteiger partial charge in [-0.05, 0) is 24.6 Å². The van der Waals surface area contributed by atoms with Crippen LogP contribution in [0.25, 0.3) is 0 Å². The van der Waals surface area contributed by atoms with Gasteiger partial charge in [0.2, 0.25) is 5.91 Å². The van der Waals surface area contributed by atoms with Crippen LogP contribution in [-0.4, -0.2) is 17.4 Å². The molecule has 1 aromatic carbocycles. The lowest BCUT2D eigenvalue weighted by Gasteiger charge is -2.28. The summed E-state index contributed by atoms with van der Waals surface area (Å²) in [6.45, 7) is 9.21. The Balaban J connectivity index is 2.77. The standard InChI is InChI=1S/C14H22N2O/c1-5-16(13(17)14(2,3)4)10-11-6-8-12(15)9-7-11/h6-9H,5,10,15H2,1-4H3. The van der Waals surface area contributed by atoms with E-state index in [2.05, 4.69) is 0 Å². The fourth-order valence-corrected chi connectivity index (χ4v) is 1.64. The topological polar surface area (TPSA) is 46.3 Å². The van der Waals surface area contributed by atoms with E-state index in [0.29, 0.717) is 6.54 Å². The summed E-state index contributed by atoms with van der Waals surface area (Å²) in [5, 5.41) is 0. The number of nitrogens with zero attached hydrogens (tertiary/aromatic N) is 1. The Morgan fingerprint density at radius 2 is 1.76 bits per heavy atom. The molecule has 3 nitrogen and oxygen atoms in total. The summed E-state index contributed by atoms with van der Waals surface area (Å²) in [7, 11) is 0. The molecule has 0 atom stereocenters. The fraction of sp³-hybridized carbons (Fsp3) is 0.500. The number of nitrogen functional groups attached to an aromatic ring is 1. The number of benzene rings is 1. The molecule has 0 bridgehead atoms. The molecule has 0 unspecified atom stereocenters. The van der Waals surface area contributed by atoms with E-state index in [-0.39, 0.29) is 11.3 Å². The first-order valence-corrected chi connectivity index (χ1v) is 5.98. The molecular weight excluding hydrogens is 212 g/mol. The molecule has 0 heterocycles. The molecular formula is C14H22N2O. The van der Waals surface area contributed by atoms with Crippen LogP contribution in [-0.2, 0) is 11.3 Å². The third kappa shape index (κ3) is 3.77. The molecule has 0 aliphatic heterocycles. The largest absolute Gasteiger partial charge is 0.399 e. The molecule has 94 valence electrons. The van der Waals surface area contributed by atoms with Gasteiger partial charge in [0.05, 0.1) is 0 Å². The van der Waals surface area contributed by atoms with Crippen LogP contribution in [0.2, 0.25) is 0 Å². The van der Waals surface area contributed by atoms with E-state index in [1.807, 2.05) is 56.9 Å². The molecule has 1 aromatic rings. The Hall–Kier alpha value is -1.51. The molecule has 1 rings (SSSR count). The van der Waals surface area contributed by atoms with Crippen LogP contribution in [0.1, 0.15) is 33.3 Å². The Bertz CT molecular complexity index is 376. The number of hydrogen-bond donors (Lipinski definition) is 1. The highest BCUT2D eigenvalue weighted by Crippen LogP contribution is 2.19. The molecule has 0 aliphatic carbocycles. The second-order valence-electron chi connectivity index (χ2n) is 5.31. The van der Waals surface area contributed by atoms with Gasteiger partial charge in [0.1, 0.15) is 0 Å². The van der Waals surface area contributed by atoms with Gasteiger partial charge in [0.25, 0.3) is 0 Å². The van der Waals surface area contributed by atoms with E-state index >= 15 is 0 Å². The van der Waals surface area contributed by atoms with Gasteiger partial charge in [-0.15, -0.1) is 0 Å². The number of anilines is 1. The molecule has 0 radical (unpaired) electrons. The van der Waals surface area contributed by atoms with Gasteiger partial charge >= 0.3 is 0 Å². The summed E-state index contributed by atoms with van der Waals surface area (Å²) in [5.74, 6) is 0.178. The summed E-state index contributed by atoms with van der Waals surface area (Å²) in [6.07, 6.45) is 0. The zero-order valence-corrected chi connectivity index (χ0v) is 11.2. The molecule has 0 aliphatic rings. The van der Waals surface area contributed by atoms with Crippen LogP contribution in [0.4, 0.5) is 5.69 Å². The molecule has 0 saturated heterocycles. The average Bonchev–Trinajstić information content (AvgIpc) is 2.26. The molecule has 0 saturated carbocycles. The number of rotatable bonds is 3. The van der Waals surface area contributed by atoms with Gasteiger partial charge < -0.3 is 10.6 Å². The smallest absolute Gasteiger partial charge is 0.228 e. The van der Waals surface area contributed by atoms with E-state index in [1.54, 1.807) is 0 Å². The van der Waals surface area contributed by atoms with Crippen molar-refractivity contribution in [2.75, 3.05) is 12.3 Å². The predicted molar refractivity (Wildman–Crippen MR) is 71.4 cm³/mol. The van der Waals surface area contributed by atoms with Crippen LogP contribution >= 0.6 is 0 Å². The van der Waals surface area contributed by atoms with E-state index in [9.17, 15) is 4.79 Å². The van der Waals surface area contributed by atoms with Crippen LogP contribution in [0.3, 0.4) is 0 Å². The van der Waals surface area contributed by atoms with Crippen molar-refractivity contribution in [1.82, 2.24) is 4.90 Å². The molecule has 2 N–H and O–H groups in total. The van der Waals surface area contributed by atoms with Crippen LogP contribution in [0.5, 0.6) is 0 Å².